The van der Waals surface area contributed by atoms with Crippen LogP contribution in [0.25, 0.3) is 0 Å². The number of hydrogen-bond donors (Lipinski definition) is 0. The molecule has 1 fully saturated rings. The molecule has 0 spiro atoms. The molecular formula is C19H23BrN2O3. The zero-order valence-electron chi connectivity index (χ0n) is 14.4. The van der Waals surface area contributed by atoms with Crippen LogP contribution in [-0.2, 0) is 11.3 Å². The van der Waals surface area contributed by atoms with E-state index in [1.165, 1.54) is 0 Å². The summed E-state index contributed by atoms with van der Waals surface area (Å²) in [5, 5.41) is 0. The second kappa shape index (κ2) is 8.54. The first-order valence-corrected chi connectivity index (χ1v) is 9.30. The summed E-state index contributed by atoms with van der Waals surface area (Å²) in [6.07, 6.45) is 3.59. The third kappa shape index (κ3) is 5.09. The highest BCUT2D eigenvalue weighted by atomic mass is 79.9. The summed E-state index contributed by atoms with van der Waals surface area (Å²) in [4.78, 5) is 17.0. The van der Waals surface area contributed by atoms with Gasteiger partial charge in [-0.1, -0.05) is 15.9 Å². The lowest BCUT2D eigenvalue weighted by Gasteiger charge is -2.37. The minimum Gasteiger partial charge on any atom is -0.484 e. The van der Waals surface area contributed by atoms with Gasteiger partial charge in [-0.25, -0.2) is 0 Å². The number of halogens is 1. The van der Waals surface area contributed by atoms with E-state index in [0.717, 1.165) is 36.2 Å². The molecule has 0 aliphatic carbocycles. The molecular weight excluding hydrogens is 384 g/mol. The molecule has 2 heterocycles. The lowest BCUT2D eigenvalue weighted by Crippen LogP contribution is -2.47. The number of furan rings is 1. The van der Waals surface area contributed by atoms with Gasteiger partial charge < -0.3 is 19.0 Å². The van der Waals surface area contributed by atoms with E-state index in [1.54, 1.807) is 6.26 Å². The van der Waals surface area contributed by atoms with Crippen molar-refractivity contribution in [3.63, 3.8) is 0 Å². The molecule has 0 unspecified atom stereocenters. The van der Waals surface area contributed by atoms with E-state index in [0.29, 0.717) is 12.3 Å². The largest absolute Gasteiger partial charge is 0.484 e. The van der Waals surface area contributed by atoms with Crippen LogP contribution in [0.1, 0.15) is 18.6 Å². The number of hydrogen-bond acceptors (Lipinski definition) is 4. The van der Waals surface area contributed by atoms with Crippen molar-refractivity contribution in [2.75, 3.05) is 26.7 Å². The monoisotopic (exact) mass is 406 g/mol. The Labute approximate surface area is 156 Å². The molecule has 1 amide bonds. The number of carbonyl (C=O) groups is 1. The predicted molar refractivity (Wildman–Crippen MR) is 99.4 cm³/mol. The molecule has 0 saturated carbocycles. The fraction of sp³-hybridized carbons (Fsp3) is 0.421. The van der Waals surface area contributed by atoms with Crippen LogP contribution >= 0.6 is 15.9 Å². The Bertz CT molecular complexity index is 664. The van der Waals surface area contributed by atoms with Crippen LogP contribution in [0.4, 0.5) is 0 Å². The lowest BCUT2D eigenvalue weighted by molar-refractivity contribution is -0.137. The van der Waals surface area contributed by atoms with Crippen molar-refractivity contribution in [3.05, 3.63) is 52.9 Å². The number of carbonyl (C=O) groups excluding carboxylic acids is 1. The smallest absolute Gasteiger partial charge is 0.261 e. The van der Waals surface area contributed by atoms with E-state index in [2.05, 4.69) is 27.9 Å². The van der Waals surface area contributed by atoms with Crippen molar-refractivity contribution in [3.8, 4) is 5.75 Å². The van der Waals surface area contributed by atoms with Crippen LogP contribution in [0.2, 0.25) is 0 Å². The first kappa shape index (κ1) is 18.0. The van der Waals surface area contributed by atoms with Crippen LogP contribution in [0.3, 0.4) is 0 Å². The Balaban J connectivity index is 1.64. The Morgan fingerprint density at radius 3 is 2.64 bits per heavy atom. The summed E-state index contributed by atoms with van der Waals surface area (Å²) in [6, 6.07) is 11.5. The molecule has 5 nitrogen and oxygen atoms in total. The van der Waals surface area contributed by atoms with Crippen LogP contribution < -0.4 is 4.74 Å². The molecule has 1 aliphatic heterocycles. The first-order chi connectivity index (χ1) is 12.1. The average molecular weight is 407 g/mol. The fourth-order valence-electron chi connectivity index (χ4n) is 3.06. The van der Waals surface area contributed by atoms with Crippen LogP contribution in [0, 0.1) is 0 Å². The minimum atomic E-state index is -0.00567. The number of piperidine rings is 1. The maximum absolute atomic E-state index is 12.8. The van der Waals surface area contributed by atoms with Gasteiger partial charge in [0.15, 0.2) is 6.61 Å². The van der Waals surface area contributed by atoms with Gasteiger partial charge >= 0.3 is 0 Å². The van der Waals surface area contributed by atoms with Crippen LogP contribution in [0.5, 0.6) is 5.75 Å². The maximum atomic E-state index is 12.8. The van der Waals surface area contributed by atoms with Crippen molar-refractivity contribution in [2.24, 2.45) is 0 Å². The Morgan fingerprint density at radius 1 is 1.28 bits per heavy atom. The molecule has 134 valence electrons. The molecule has 0 atom stereocenters. The fourth-order valence-corrected chi connectivity index (χ4v) is 3.32. The van der Waals surface area contributed by atoms with E-state index in [4.69, 9.17) is 9.15 Å². The molecule has 1 aliphatic rings. The van der Waals surface area contributed by atoms with Crippen LogP contribution in [-0.4, -0.2) is 48.5 Å². The summed E-state index contributed by atoms with van der Waals surface area (Å²) in [6.45, 7) is 2.53. The van der Waals surface area contributed by atoms with Gasteiger partial charge in [-0.05, 0) is 69.4 Å². The van der Waals surface area contributed by atoms with Gasteiger partial charge in [0.05, 0.1) is 12.8 Å². The number of amides is 1. The standard InChI is InChI=1S/C19H23BrN2O3/c1-21-10-8-16(9-11-21)22(13-18-3-2-12-24-18)19(23)14-25-17-6-4-15(20)5-7-17/h2-7,12,16H,8-11,13-14H2,1H3. The van der Waals surface area contributed by atoms with Gasteiger partial charge in [0.1, 0.15) is 11.5 Å². The van der Waals surface area contributed by atoms with E-state index in [-0.39, 0.29) is 18.6 Å². The third-order valence-corrected chi connectivity index (χ3v) is 5.06. The van der Waals surface area contributed by atoms with Gasteiger partial charge in [-0.2, -0.15) is 0 Å². The van der Waals surface area contributed by atoms with Gasteiger partial charge in [0.2, 0.25) is 0 Å². The highest BCUT2D eigenvalue weighted by Gasteiger charge is 2.28. The van der Waals surface area contributed by atoms with Crippen molar-refractivity contribution >= 4 is 21.8 Å². The number of benzene rings is 1. The van der Waals surface area contributed by atoms with Crippen molar-refractivity contribution in [1.29, 1.82) is 0 Å². The molecule has 6 heteroatoms. The van der Waals surface area contributed by atoms with Gasteiger partial charge in [-0.15, -0.1) is 0 Å². The molecule has 1 aromatic heterocycles. The van der Waals surface area contributed by atoms with Crippen LogP contribution in [0.15, 0.2) is 51.6 Å². The highest BCUT2D eigenvalue weighted by Crippen LogP contribution is 2.20. The van der Waals surface area contributed by atoms with Crippen molar-refractivity contribution in [2.45, 2.75) is 25.4 Å². The summed E-state index contributed by atoms with van der Waals surface area (Å²) in [5.74, 6) is 1.49. The third-order valence-electron chi connectivity index (χ3n) is 4.53. The molecule has 1 aromatic carbocycles. The second-order valence-corrected chi connectivity index (χ2v) is 7.29. The van der Waals surface area contributed by atoms with Crippen molar-refractivity contribution in [1.82, 2.24) is 9.80 Å². The topological polar surface area (TPSA) is 45.9 Å². The predicted octanol–water partition coefficient (Wildman–Crippen LogP) is 3.54. The van der Waals surface area contributed by atoms with Crippen molar-refractivity contribution < 1.29 is 13.9 Å². The summed E-state index contributed by atoms with van der Waals surface area (Å²) < 4.78 is 12.1. The Morgan fingerprint density at radius 2 is 2.00 bits per heavy atom. The quantitative estimate of drug-likeness (QED) is 0.735. The number of ether oxygens (including phenoxy) is 1. The average Bonchev–Trinajstić information content (AvgIpc) is 3.13. The van der Waals surface area contributed by atoms with Gasteiger partial charge in [0.25, 0.3) is 5.91 Å². The number of rotatable bonds is 6. The zero-order chi connectivity index (χ0) is 17.6. The normalized spacial score (nSPS) is 15.9. The molecule has 3 rings (SSSR count). The summed E-state index contributed by atoms with van der Waals surface area (Å²) in [5.41, 5.74) is 0. The SMILES string of the molecule is CN1CCC(N(Cc2ccco2)C(=O)COc2ccc(Br)cc2)CC1. The molecule has 1 saturated heterocycles. The zero-order valence-corrected chi connectivity index (χ0v) is 15.9. The minimum absolute atomic E-state index is 0.00567. The second-order valence-electron chi connectivity index (χ2n) is 6.38. The maximum Gasteiger partial charge on any atom is 0.261 e. The molecule has 0 bridgehead atoms. The molecule has 0 N–H and O–H groups in total. The Hall–Kier alpha value is -1.79. The van der Waals surface area contributed by atoms with E-state index >= 15 is 0 Å². The molecule has 2 aromatic rings. The number of likely N-dealkylation sites (tertiary alicyclic amines) is 1. The van der Waals surface area contributed by atoms with E-state index in [9.17, 15) is 4.79 Å². The summed E-state index contributed by atoms with van der Waals surface area (Å²) >= 11 is 3.39. The highest BCUT2D eigenvalue weighted by molar-refractivity contribution is 9.10. The molecule has 25 heavy (non-hydrogen) atoms. The first-order valence-electron chi connectivity index (χ1n) is 8.50. The summed E-state index contributed by atoms with van der Waals surface area (Å²) in [7, 11) is 2.12. The van der Waals surface area contributed by atoms with Gasteiger partial charge in [-0.3, -0.25) is 4.79 Å². The van der Waals surface area contributed by atoms with E-state index < -0.39 is 0 Å². The number of nitrogens with zero attached hydrogens (tertiary/aromatic N) is 2. The molecule has 0 radical (unpaired) electrons. The Kier molecular flexibility index (Phi) is 6.15. The lowest BCUT2D eigenvalue weighted by atomic mass is 10.0. The van der Waals surface area contributed by atoms with Gasteiger partial charge in [0, 0.05) is 10.5 Å². The van der Waals surface area contributed by atoms with E-state index in [1.807, 2.05) is 41.3 Å².